The predicted molar refractivity (Wildman–Crippen MR) is 139 cm³/mol. The molecule has 3 heterocycles. The predicted octanol–water partition coefficient (Wildman–Crippen LogP) is 4.04. The molecular weight excluding hydrogens is 459 g/mol. The molecule has 9 heteroatoms. The van der Waals surface area contributed by atoms with Gasteiger partial charge in [0.1, 0.15) is 24.0 Å². The van der Waals surface area contributed by atoms with E-state index in [1.54, 1.807) is 13.0 Å². The number of fused-ring (bicyclic) bond motifs is 1. The molecule has 2 aliphatic heterocycles. The van der Waals surface area contributed by atoms with Gasteiger partial charge >= 0.3 is 0 Å². The smallest absolute Gasteiger partial charge is 0.227 e. The molecule has 1 fully saturated rings. The number of aldehydes is 1. The molecule has 0 aliphatic carbocycles. The average Bonchev–Trinajstić information content (AvgIpc) is 3.23. The van der Waals surface area contributed by atoms with E-state index in [0.717, 1.165) is 17.4 Å². The molecule has 1 amide bonds. The van der Waals surface area contributed by atoms with Gasteiger partial charge in [-0.05, 0) is 43.9 Å². The third-order valence-corrected chi connectivity index (χ3v) is 7.31. The number of halogens is 1. The number of amides is 1. The van der Waals surface area contributed by atoms with Gasteiger partial charge in [-0.2, -0.15) is 4.98 Å². The fourth-order valence-corrected chi connectivity index (χ4v) is 5.03. The van der Waals surface area contributed by atoms with Crippen LogP contribution in [0.25, 0.3) is 0 Å². The van der Waals surface area contributed by atoms with E-state index in [9.17, 15) is 14.0 Å². The van der Waals surface area contributed by atoms with Gasteiger partial charge < -0.3 is 19.9 Å². The average molecular weight is 497 g/mol. The van der Waals surface area contributed by atoms with Crippen molar-refractivity contribution in [3.05, 3.63) is 46.4 Å². The number of anilines is 2. The Hall–Kier alpha value is -3.07. The van der Waals surface area contributed by atoms with Crippen LogP contribution in [0.1, 0.15) is 81.9 Å². The highest BCUT2D eigenvalue weighted by molar-refractivity contribution is 5.73. The van der Waals surface area contributed by atoms with Crippen LogP contribution in [-0.2, 0) is 16.1 Å². The van der Waals surface area contributed by atoms with Crippen LogP contribution >= 0.6 is 0 Å². The molecular formula is C27H37FN6O2. The van der Waals surface area contributed by atoms with Crippen molar-refractivity contribution in [1.29, 1.82) is 0 Å². The van der Waals surface area contributed by atoms with Crippen molar-refractivity contribution < 1.29 is 14.0 Å². The number of hydrogen-bond donors (Lipinski definition) is 1. The molecule has 2 aromatic rings. The molecule has 1 N–H and O–H groups in total. The molecule has 1 aromatic heterocycles. The van der Waals surface area contributed by atoms with Crippen molar-refractivity contribution in [2.45, 2.75) is 72.1 Å². The minimum absolute atomic E-state index is 0.0602. The van der Waals surface area contributed by atoms with Crippen molar-refractivity contribution in [2.75, 3.05) is 36.4 Å². The maximum absolute atomic E-state index is 14.7. The van der Waals surface area contributed by atoms with Crippen LogP contribution in [0.15, 0.2) is 18.2 Å². The second-order valence-electron chi connectivity index (χ2n) is 10.4. The molecule has 2 atom stereocenters. The van der Waals surface area contributed by atoms with Crippen molar-refractivity contribution in [1.82, 2.24) is 19.8 Å². The van der Waals surface area contributed by atoms with Crippen LogP contribution in [0.3, 0.4) is 0 Å². The zero-order valence-corrected chi connectivity index (χ0v) is 22.1. The van der Waals surface area contributed by atoms with E-state index >= 15 is 0 Å². The van der Waals surface area contributed by atoms with E-state index in [2.05, 4.69) is 29.0 Å². The third kappa shape index (κ3) is 5.07. The quantitative estimate of drug-likeness (QED) is 0.579. The summed E-state index contributed by atoms with van der Waals surface area (Å²) in [5, 5.41) is 3.49. The first-order chi connectivity index (χ1) is 17.1. The minimum Gasteiger partial charge on any atom is -0.363 e. The normalized spacial score (nSPS) is 19.1. The number of carbonyl (C=O) groups excluding carboxylic acids is 2. The highest BCUT2D eigenvalue weighted by Gasteiger charge is 2.37. The SMILES string of the molecule is CC(=O)N1CCN(c2nc(NC(C)c3ccc(C(C)C)c(F)c3)c3c(n2)[C@H](C=O)N(C(C)C)C3)CC1. The summed E-state index contributed by atoms with van der Waals surface area (Å²) in [6.45, 7) is 14.6. The Labute approximate surface area is 212 Å². The number of rotatable bonds is 7. The summed E-state index contributed by atoms with van der Waals surface area (Å²) >= 11 is 0. The summed E-state index contributed by atoms with van der Waals surface area (Å²) in [4.78, 5) is 39.7. The van der Waals surface area contributed by atoms with Gasteiger partial charge in [-0.3, -0.25) is 9.69 Å². The maximum atomic E-state index is 14.7. The van der Waals surface area contributed by atoms with E-state index < -0.39 is 6.04 Å². The third-order valence-electron chi connectivity index (χ3n) is 7.31. The largest absolute Gasteiger partial charge is 0.363 e. The molecule has 0 bridgehead atoms. The summed E-state index contributed by atoms with van der Waals surface area (Å²) in [5.74, 6) is 1.18. The number of nitrogens with one attached hydrogen (secondary N) is 1. The van der Waals surface area contributed by atoms with Crippen molar-refractivity contribution in [2.24, 2.45) is 0 Å². The molecule has 1 aromatic carbocycles. The highest BCUT2D eigenvalue weighted by atomic mass is 19.1. The van der Waals surface area contributed by atoms with Crippen LogP contribution in [0.2, 0.25) is 0 Å². The monoisotopic (exact) mass is 496 g/mol. The van der Waals surface area contributed by atoms with Gasteiger partial charge in [0.25, 0.3) is 0 Å². The van der Waals surface area contributed by atoms with E-state index in [0.29, 0.717) is 55.7 Å². The number of piperazine rings is 1. The number of aromatic nitrogens is 2. The zero-order valence-electron chi connectivity index (χ0n) is 22.1. The molecule has 194 valence electrons. The molecule has 1 saturated heterocycles. The van der Waals surface area contributed by atoms with Crippen molar-refractivity contribution in [3.8, 4) is 0 Å². The summed E-state index contributed by atoms with van der Waals surface area (Å²) in [6, 6.07) is 4.89. The Morgan fingerprint density at radius 2 is 1.81 bits per heavy atom. The maximum Gasteiger partial charge on any atom is 0.227 e. The van der Waals surface area contributed by atoms with Gasteiger partial charge in [-0.15, -0.1) is 0 Å². The fraction of sp³-hybridized carbons (Fsp3) is 0.556. The second-order valence-corrected chi connectivity index (χ2v) is 10.4. The van der Waals surface area contributed by atoms with Crippen molar-refractivity contribution >= 4 is 24.0 Å². The molecule has 8 nitrogen and oxygen atoms in total. The molecule has 36 heavy (non-hydrogen) atoms. The van der Waals surface area contributed by atoms with Gasteiger partial charge in [-0.25, -0.2) is 9.37 Å². The molecule has 0 saturated carbocycles. The Morgan fingerprint density at radius 1 is 1.11 bits per heavy atom. The molecule has 4 rings (SSSR count). The van der Waals surface area contributed by atoms with E-state index in [1.165, 1.54) is 0 Å². The summed E-state index contributed by atoms with van der Waals surface area (Å²) < 4.78 is 14.7. The lowest BCUT2D eigenvalue weighted by molar-refractivity contribution is -0.129. The van der Waals surface area contributed by atoms with Crippen LogP contribution in [0, 0.1) is 5.82 Å². The topological polar surface area (TPSA) is 81.7 Å². The highest BCUT2D eigenvalue weighted by Crippen LogP contribution is 2.38. The number of carbonyl (C=O) groups is 2. The van der Waals surface area contributed by atoms with Crippen LogP contribution in [0.5, 0.6) is 0 Å². The number of nitrogens with zero attached hydrogens (tertiary/aromatic N) is 5. The van der Waals surface area contributed by atoms with Crippen LogP contribution in [0.4, 0.5) is 16.2 Å². The van der Waals surface area contributed by atoms with E-state index in [-0.39, 0.29) is 29.7 Å². The Bertz CT molecular complexity index is 1130. The lowest BCUT2D eigenvalue weighted by Gasteiger charge is -2.34. The summed E-state index contributed by atoms with van der Waals surface area (Å²) in [7, 11) is 0. The Balaban J connectivity index is 1.68. The lowest BCUT2D eigenvalue weighted by atomic mass is 9.98. The van der Waals surface area contributed by atoms with Gasteiger partial charge in [0.15, 0.2) is 0 Å². The molecule has 0 radical (unpaired) electrons. The Morgan fingerprint density at radius 3 is 2.36 bits per heavy atom. The Kier molecular flexibility index (Phi) is 7.59. The van der Waals surface area contributed by atoms with Gasteiger partial charge in [0, 0.05) is 51.3 Å². The first kappa shape index (κ1) is 26.0. The van der Waals surface area contributed by atoms with Crippen molar-refractivity contribution in [3.63, 3.8) is 0 Å². The minimum atomic E-state index is -0.445. The van der Waals surface area contributed by atoms with E-state index in [1.807, 2.05) is 37.8 Å². The van der Waals surface area contributed by atoms with Crippen LogP contribution in [-0.4, -0.2) is 64.2 Å². The second kappa shape index (κ2) is 10.5. The van der Waals surface area contributed by atoms with Gasteiger partial charge in [0.05, 0.1) is 11.7 Å². The molecule has 0 spiro atoms. The first-order valence-electron chi connectivity index (χ1n) is 12.8. The van der Waals surface area contributed by atoms with Gasteiger partial charge in [0.2, 0.25) is 11.9 Å². The van der Waals surface area contributed by atoms with E-state index in [4.69, 9.17) is 9.97 Å². The van der Waals surface area contributed by atoms with Crippen LogP contribution < -0.4 is 10.2 Å². The fourth-order valence-electron chi connectivity index (χ4n) is 5.03. The summed E-state index contributed by atoms with van der Waals surface area (Å²) in [5.41, 5.74) is 3.14. The first-order valence-corrected chi connectivity index (χ1v) is 12.8. The molecule has 1 unspecified atom stereocenters. The number of hydrogen-bond acceptors (Lipinski definition) is 7. The lowest BCUT2D eigenvalue weighted by Crippen LogP contribution is -2.48. The van der Waals surface area contributed by atoms with Gasteiger partial charge in [-0.1, -0.05) is 26.0 Å². The number of benzene rings is 1. The molecule has 2 aliphatic rings. The zero-order chi connectivity index (χ0) is 26.1. The summed E-state index contributed by atoms with van der Waals surface area (Å²) in [6.07, 6.45) is 0.948. The standard InChI is InChI=1S/C27H37FN6O2/c1-16(2)21-8-7-20(13-23(21)28)18(5)29-26-22-14-34(17(3)4)24(15-35)25(22)30-27(31-26)33-11-9-32(10-12-33)19(6)36/h7-8,13,15-18,24H,9-12,14H2,1-6H3,(H,29,30,31)/t18?,24-/m0/s1.